The molecule has 0 aromatic heterocycles. The fourth-order valence-corrected chi connectivity index (χ4v) is 2.74. The topological polar surface area (TPSA) is 41.8 Å². The lowest BCUT2D eigenvalue weighted by Crippen LogP contribution is -1.99. The van der Waals surface area contributed by atoms with E-state index < -0.39 is 0 Å². The van der Waals surface area contributed by atoms with Crippen LogP contribution >= 0.6 is 38.5 Å². The lowest BCUT2D eigenvalue weighted by atomic mass is 10.2. The lowest BCUT2D eigenvalue weighted by molar-refractivity contribution is 0.321. The SMILES string of the molecule is C=CCOc1c(I)cc(Br)cc1C=NO. The third-order valence-corrected chi connectivity index (χ3v) is 2.84. The molecular formula is C10H9BrINO2. The van der Waals surface area contributed by atoms with Crippen LogP contribution in [0, 0.1) is 3.57 Å². The van der Waals surface area contributed by atoms with Crippen LogP contribution in [0.15, 0.2) is 34.4 Å². The van der Waals surface area contributed by atoms with E-state index in [4.69, 9.17) is 9.94 Å². The zero-order valence-corrected chi connectivity index (χ0v) is 11.5. The Morgan fingerprint density at radius 3 is 2.93 bits per heavy atom. The number of nitrogens with zero attached hydrogens (tertiary/aromatic N) is 1. The Bertz CT molecular complexity index is 393. The molecule has 1 aromatic carbocycles. The molecule has 1 aromatic rings. The van der Waals surface area contributed by atoms with Gasteiger partial charge in [-0.15, -0.1) is 0 Å². The maximum atomic E-state index is 8.53. The average Bonchev–Trinajstić information content (AvgIpc) is 2.17. The van der Waals surface area contributed by atoms with E-state index in [2.05, 4.69) is 50.3 Å². The standard InChI is InChI=1S/C10H9BrINO2/c1-2-3-15-10-7(6-13-14)4-8(11)5-9(10)12/h2,4-6,14H,1,3H2. The molecule has 0 unspecified atom stereocenters. The summed E-state index contributed by atoms with van der Waals surface area (Å²) in [4.78, 5) is 0. The predicted octanol–water partition coefficient (Wildman–Crippen LogP) is 3.43. The first kappa shape index (κ1) is 12.5. The number of ether oxygens (including phenoxy) is 1. The molecular weight excluding hydrogens is 373 g/mol. The van der Waals surface area contributed by atoms with Gasteiger partial charge in [0.15, 0.2) is 0 Å². The highest BCUT2D eigenvalue weighted by molar-refractivity contribution is 14.1. The second-order valence-corrected chi connectivity index (χ2v) is 4.73. The molecule has 1 N–H and O–H groups in total. The molecule has 0 amide bonds. The van der Waals surface area contributed by atoms with E-state index in [9.17, 15) is 0 Å². The minimum atomic E-state index is 0.421. The van der Waals surface area contributed by atoms with Crippen molar-refractivity contribution >= 4 is 44.7 Å². The summed E-state index contributed by atoms with van der Waals surface area (Å²) in [5.74, 6) is 0.691. The van der Waals surface area contributed by atoms with E-state index in [-0.39, 0.29) is 0 Å². The molecule has 0 aliphatic rings. The van der Waals surface area contributed by atoms with Crippen molar-refractivity contribution in [2.75, 3.05) is 6.61 Å². The van der Waals surface area contributed by atoms with Crippen LogP contribution in [0.1, 0.15) is 5.56 Å². The van der Waals surface area contributed by atoms with Crippen LogP contribution < -0.4 is 4.74 Å². The summed E-state index contributed by atoms with van der Waals surface area (Å²) in [6, 6.07) is 3.74. The Kier molecular flexibility index (Phi) is 5.10. The number of hydrogen-bond acceptors (Lipinski definition) is 3. The molecule has 15 heavy (non-hydrogen) atoms. The van der Waals surface area contributed by atoms with E-state index in [1.54, 1.807) is 6.08 Å². The molecule has 5 heteroatoms. The summed E-state index contributed by atoms with van der Waals surface area (Å²) < 4.78 is 7.33. The largest absolute Gasteiger partial charge is 0.488 e. The molecule has 0 saturated heterocycles. The van der Waals surface area contributed by atoms with Crippen molar-refractivity contribution in [3.63, 3.8) is 0 Å². The van der Waals surface area contributed by atoms with E-state index >= 15 is 0 Å². The predicted molar refractivity (Wildman–Crippen MR) is 71.9 cm³/mol. The Morgan fingerprint density at radius 2 is 2.33 bits per heavy atom. The quantitative estimate of drug-likeness (QED) is 0.285. The summed E-state index contributed by atoms with van der Waals surface area (Å²) in [7, 11) is 0. The summed E-state index contributed by atoms with van der Waals surface area (Å²) in [5, 5.41) is 11.5. The van der Waals surface area contributed by atoms with Crippen LogP contribution in [0.2, 0.25) is 0 Å². The minimum absolute atomic E-state index is 0.421. The third kappa shape index (κ3) is 3.49. The van der Waals surface area contributed by atoms with Crippen molar-refractivity contribution in [2.24, 2.45) is 5.16 Å². The lowest BCUT2D eigenvalue weighted by Gasteiger charge is -2.09. The van der Waals surface area contributed by atoms with Crippen molar-refractivity contribution in [3.8, 4) is 5.75 Å². The van der Waals surface area contributed by atoms with Gasteiger partial charge in [0, 0.05) is 10.0 Å². The number of benzene rings is 1. The first-order valence-electron chi connectivity index (χ1n) is 4.09. The van der Waals surface area contributed by atoms with Gasteiger partial charge in [0.05, 0.1) is 9.78 Å². The van der Waals surface area contributed by atoms with E-state index in [1.165, 1.54) is 6.21 Å². The summed E-state index contributed by atoms with van der Waals surface area (Å²) in [6.45, 7) is 4.00. The molecule has 0 spiro atoms. The van der Waals surface area contributed by atoms with E-state index in [0.717, 1.165) is 13.6 Å². The first-order valence-corrected chi connectivity index (χ1v) is 5.96. The number of rotatable bonds is 4. The van der Waals surface area contributed by atoms with Gasteiger partial charge in [-0.2, -0.15) is 0 Å². The number of hydrogen-bond donors (Lipinski definition) is 1. The van der Waals surface area contributed by atoms with Crippen molar-refractivity contribution in [1.82, 2.24) is 0 Å². The second kappa shape index (κ2) is 6.12. The van der Waals surface area contributed by atoms with Gasteiger partial charge in [-0.25, -0.2) is 0 Å². The van der Waals surface area contributed by atoms with Crippen molar-refractivity contribution < 1.29 is 9.94 Å². The van der Waals surface area contributed by atoms with Gasteiger partial charge in [0.1, 0.15) is 12.4 Å². The number of oxime groups is 1. The second-order valence-electron chi connectivity index (χ2n) is 2.65. The molecule has 1 rings (SSSR count). The van der Waals surface area contributed by atoms with Crippen LogP contribution in [0.3, 0.4) is 0 Å². The van der Waals surface area contributed by atoms with Gasteiger partial charge in [-0.3, -0.25) is 0 Å². The molecule has 0 radical (unpaired) electrons. The van der Waals surface area contributed by atoms with Gasteiger partial charge < -0.3 is 9.94 Å². The first-order chi connectivity index (χ1) is 7.19. The molecule has 0 aliphatic carbocycles. The smallest absolute Gasteiger partial charge is 0.142 e. The van der Waals surface area contributed by atoms with Gasteiger partial charge in [-0.05, 0) is 34.7 Å². The Morgan fingerprint density at radius 1 is 1.60 bits per heavy atom. The van der Waals surface area contributed by atoms with Gasteiger partial charge in [0.2, 0.25) is 0 Å². The fraction of sp³-hybridized carbons (Fsp3) is 0.100. The molecule has 0 heterocycles. The fourth-order valence-electron chi connectivity index (χ4n) is 1.03. The maximum absolute atomic E-state index is 8.53. The monoisotopic (exact) mass is 381 g/mol. The summed E-state index contributed by atoms with van der Waals surface area (Å²) in [5.41, 5.74) is 0.720. The van der Waals surface area contributed by atoms with E-state index in [1.807, 2.05) is 12.1 Å². The number of halogens is 2. The molecule has 0 fully saturated rings. The highest BCUT2D eigenvalue weighted by Crippen LogP contribution is 2.28. The van der Waals surface area contributed by atoms with Crippen LogP contribution in [0.5, 0.6) is 5.75 Å². The molecule has 0 bridgehead atoms. The maximum Gasteiger partial charge on any atom is 0.142 e. The summed E-state index contributed by atoms with van der Waals surface area (Å²) in [6.07, 6.45) is 3.00. The van der Waals surface area contributed by atoms with Crippen molar-refractivity contribution in [1.29, 1.82) is 0 Å². The highest BCUT2D eigenvalue weighted by atomic mass is 127. The highest BCUT2D eigenvalue weighted by Gasteiger charge is 2.08. The average molecular weight is 382 g/mol. The van der Waals surface area contributed by atoms with Crippen LogP contribution in [-0.2, 0) is 0 Å². The normalized spacial score (nSPS) is 10.5. The Balaban J connectivity index is 3.13. The molecule has 0 aliphatic heterocycles. The van der Waals surface area contributed by atoms with Crippen LogP contribution in [0.4, 0.5) is 0 Å². The zero-order chi connectivity index (χ0) is 11.3. The Labute approximate surface area is 110 Å². The van der Waals surface area contributed by atoms with Gasteiger partial charge in [-0.1, -0.05) is 33.7 Å². The van der Waals surface area contributed by atoms with Crippen molar-refractivity contribution in [2.45, 2.75) is 0 Å². The molecule has 80 valence electrons. The zero-order valence-electron chi connectivity index (χ0n) is 7.78. The van der Waals surface area contributed by atoms with Gasteiger partial charge >= 0.3 is 0 Å². The van der Waals surface area contributed by atoms with Crippen LogP contribution in [-0.4, -0.2) is 18.0 Å². The Hall–Kier alpha value is -0.560. The van der Waals surface area contributed by atoms with Crippen LogP contribution in [0.25, 0.3) is 0 Å². The van der Waals surface area contributed by atoms with E-state index in [0.29, 0.717) is 12.4 Å². The molecule has 0 atom stereocenters. The summed E-state index contributed by atoms with van der Waals surface area (Å²) >= 11 is 5.52. The third-order valence-electron chi connectivity index (χ3n) is 1.58. The minimum Gasteiger partial charge on any atom is -0.488 e. The van der Waals surface area contributed by atoms with Crippen molar-refractivity contribution in [3.05, 3.63) is 38.4 Å². The molecule has 0 saturated carbocycles. The van der Waals surface area contributed by atoms with Gasteiger partial charge in [0.25, 0.3) is 0 Å². The molecule has 3 nitrogen and oxygen atoms in total.